The van der Waals surface area contributed by atoms with Crippen molar-refractivity contribution in [3.8, 4) is 0 Å². The molecule has 0 aliphatic heterocycles. The van der Waals surface area contributed by atoms with Crippen molar-refractivity contribution in [3.63, 3.8) is 0 Å². The van der Waals surface area contributed by atoms with E-state index in [-0.39, 0.29) is 5.69 Å². The van der Waals surface area contributed by atoms with E-state index in [0.29, 0.717) is 5.69 Å². The van der Waals surface area contributed by atoms with Gasteiger partial charge in [-0.3, -0.25) is 9.48 Å². The van der Waals surface area contributed by atoms with Crippen LogP contribution >= 0.6 is 11.6 Å². The first-order valence-electron chi connectivity index (χ1n) is 7.23. The molecule has 2 rings (SSSR count). The minimum Gasteiger partial charge on any atom is -0.324 e. The summed E-state index contributed by atoms with van der Waals surface area (Å²) < 4.78 is 39.7. The molecule has 0 aliphatic carbocycles. The second-order valence-electron chi connectivity index (χ2n) is 5.60. The monoisotopic (exact) mass is 359 g/mol. The Hall–Kier alpha value is -2.02. The minimum atomic E-state index is -4.67. The Kier molecular flexibility index (Phi) is 4.94. The standard InChI is InChI=1S/C16H17ClF3N3O/c1-8-6-5-7-12(9(8)2)21-15(24)11(4)23-10(3)13(17)14(22-23)16(18,19)20/h5-7,11H,1-4H3,(H,21,24). The molecule has 1 aromatic carbocycles. The van der Waals surface area contributed by atoms with Gasteiger partial charge in [0.2, 0.25) is 5.91 Å². The van der Waals surface area contributed by atoms with Crippen molar-refractivity contribution in [1.29, 1.82) is 0 Å². The fraction of sp³-hybridized carbons (Fsp3) is 0.375. The zero-order valence-electron chi connectivity index (χ0n) is 13.6. The van der Waals surface area contributed by atoms with Crippen molar-refractivity contribution in [2.75, 3.05) is 5.32 Å². The van der Waals surface area contributed by atoms with Crippen molar-refractivity contribution in [2.24, 2.45) is 0 Å². The van der Waals surface area contributed by atoms with Crippen LogP contribution < -0.4 is 5.32 Å². The molecule has 0 bridgehead atoms. The minimum absolute atomic E-state index is 0.0904. The normalized spacial score (nSPS) is 13.0. The maximum atomic E-state index is 12.9. The smallest absolute Gasteiger partial charge is 0.324 e. The third kappa shape index (κ3) is 3.40. The summed E-state index contributed by atoms with van der Waals surface area (Å²) in [6, 6.07) is 4.48. The molecule has 1 atom stereocenters. The molecule has 0 spiro atoms. The molecule has 1 heterocycles. The number of aryl methyl sites for hydroxylation is 1. The van der Waals surface area contributed by atoms with E-state index in [1.807, 2.05) is 19.9 Å². The molecule has 0 saturated heterocycles. The SMILES string of the molecule is Cc1cccc(NC(=O)C(C)n2nc(C(F)(F)F)c(Cl)c2C)c1C. The number of alkyl halides is 3. The molecule has 1 aromatic heterocycles. The van der Waals surface area contributed by atoms with Crippen LogP contribution in [-0.4, -0.2) is 15.7 Å². The van der Waals surface area contributed by atoms with Crippen molar-refractivity contribution in [2.45, 2.75) is 39.9 Å². The molecule has 0 saturated carbocycles. The van der Waals surface area contributed by atoms with Gasteiger partial charge in [-0.25, -0.2) is 0 Å². The Labute approximate surface area is 142 Å². The van der Waals surface area contributed by atoms with Gasteiger partial charge >= 0.3 is 6.18 Å². The summed E-state index contributed by atoms with van der Waals surface area (Å²) in [5.41, 5.74) is 1.40. The van der Waals surface area contributed by atoms with Crippen molar-refractivity contribution in [3.05, 3.63) is 45.7 Å². The number of nitrogens with one attached hydrogen (secondary N) is 1. The molecule has 0 aliphatic rings. The average Bonchev–Trinajstić information content (AvgIpc) is 2.79. The Bertz CT molecular complexity index is 784. The number of anilines is 1. The number of hydrogen-bond acceptors (Lipinski definition) is 2. The van der Waals surface area contributed by atoms with E-state index in [1.54, 1.807) is 12.1 Å². The number of benzene rings is 1. The number of nitrogens with zero attached hydrogens (tertiary/aromatic N) is 2. The fourth-order valence-corrected chi connectivity index (χ4v) is 2.52. The Balaban J connectivity index is 2.30. The molecule has 130 valence electrons. The van der Waals surface area contributed by atoms with Crippen LogP contribution in [0.3, 0.4) is 0 Å². The second kappa shape index (κ2) is 6.47. The first-order chi connectivity index (χ1) is 11.0. The molecule has 4 nitrogen and oxygen atoms in total. The van der Waals surface area contributed by atoms with E-state index in [9.17, 15) is 18.0 Å². The van der Waals surface area contributed by atoms with E-state index in [4.69, 9.17) is 11.6 Å². The Morgan fingerprint density at radius 3 is 2.46 bits per heavy atom. The predicted molar refractivity (Wildman–Crippen MR) is 86.2 cm³/mol. The molecule has 0 radical (unpaired) electrons. The van der Waals surface area contributed by atoms with Gasteiger partial charge in [0.05, 0.1) is 10.7 Å². The molecule has 1 N–H and O–H groups in total. The maximum Gasteiger partial charge on any atom is 0.436 e. The van der Waals surface area contributed by atoms with E-state index in [0.717, 1.165) is 15.8 Å². The molecule has 8 heteroatoms. The number of amides is 1. The highest BCUT2D eigenvalue weighted by Gasteiger charge is 2.39. The number of aromatic nitrogens is 2. The lowest BCUT2D eigenvalue weighted by Gasteiger charge is -2.16. The van der Waals surface area contributed by atoms with Crippen LogP contribution in [0, 0.1) is 20.8 Å². The van der Waals surface area contributed by atoms with Gasteiger partial charge in [0.25, 0.3) is 0 Å². The van der Waals surface area contributed by atoms with Crippen molar-refractivity contribution in [1.82, 2.24) is 9.78 Å². The summed E-state index contributed by atoms with van der Waals surface area (Å²) in [5.74, 6) is -0.473. The summed E-state index contributed by atoms with van der Waals surface area (Å²) in [6.45, 7) is 6.62. The highest BCUT2D eigenvalue weighted by atomic mass is 35.5. The van der Waals surface area contributed by atoms with Gasteiger partial charge in [-0.15, -0.1) is 0 Å². The largest absolute Gasteiger partial charge is 0.436 e. The van der Waals surface area contributed by atoms with Crippen LogP contribution in [0.25, 0.3) is 0 Å². The van der Waals surface area contributed by atoms with Crippen LogP contribution in [0.2, 0.25) is 5.02 Å². The van der Waals surface area contributed by atoms with E-state index < -0.39 is 28.8 Å². The van der Waals surface area contributed by atoms with Gasteiger partial charge < -0.3 is 5.32 Å². The van der Waals surface area contributed by atoms with Gasteiger partial charge in [0, 0.05) is 5.69 Å². The summed E-state index contributed by atoms with van der Waals surface area (Å²) >= 11 is 5.72. The van der Waals surface area contributed by atoms with Crippen LogP contribution in [0.4, 0.5) is 18.9 Å². The van der Waals surface area contributed by atoms with Gasteiger partial charge in [-0.1, -0.05) is 23.7 Å². The number of carbonyl (C=O) groups excluding carboxylic acids is 1. The molecule has 2 aromatic rings. The fourth-order valence-electron chi connectivity index (χ4n) is 2.29. The number of rotatable bonds is 3. The number of halogens is 4. The summed E-state index contributed by atoms with van der Waals surface area (Å²) in [5, 5.41) is 5.71. The zero-order chi connectivity index (χ0) is 18.2. The van der Waals surface area contributed by atoms with Crippen LogP contribution in [0.15, 0.2) is 18.2 Å². The van der Waals surface area contributed by atoms with Crippen LogP contribution in [-0.2, 0) is 11.0 Å². The zero-order valence-corrected chi connectivity index (χ0v) is 14.4. The van der Waals surface area contributed by atoms with E-state index in [2.05, 4.69) is 10.4 Å². The molecular formula is C16H17ClF3N3O. The lowest BCUT2D eigenvalue weighted by Crippen LogP contribution is -2.26. The Morgan fingerprint density at radius 2 is 1.92 bits per heavy atom. The molecule has 24 heavy (non-hydrogen) atoms. The number of hydrogen-bond donors (Lipinski definition) is 1. The third-order valence-electron chi connectivity index (χ3n) is 3.95. The molecular weight excluding hydrogens is 343 g/mol. The highest BCUT2D eigenvalue weighted by molar-refractivity contribution is 6.32. The van der Waals surface area contributed by atoms with Gasteiger partial charge in [0.15, 0.2) is 5.69 Å². The van der Waals surface area contributed by atoms with E-state index >= 15 is 0 Å². The topological polar surface area (TPSA) is 46.9 Å². The summed E-state index contributed by atoms with van der Waals surface area (Å²) in [7, 11) is 0. The summed E-state index contributed by atoms with van der Waals surface area (Å²) in [4.78, 5) is 12.4. The highest BCUT2D eigenvalue weighted by Crippen LogP contribution is 2.36. The second-order valence-corrected chi connectivity index (χ2v) is 5.98. The van der Waals surface area contributed by atoms with Gasteiger partial charge in [0.1, 0.15) is 6.04 Å². The Morgan fingerprint density at radius 1 is 1.29 bits per heavy atom. The number of carbonyl (C=O) groups is 1. The van der Waals surface area contributed by atoms with Gasteiger partial charge in [-0.2, -0.15) is 18.3 Å². The summed E-state index contributed by atoms with van der Waals surface area (Å²) in [6.07, 6.45) is -4.67. The molecule has 1 amide bonds. The predicted octanol–water partition coefficient (Wildman–Crippen LogP) is 4.68. The lowest BCUT2D eigenvalue weighted by molar-refractivity contribution is -0.141. The van der Waals surface area contributed by atoms with Crippen LogP contribution in [0.1, 0.15) is 35.5 Å². The quantitative estimate of drug-likeness (QED) is 0.864. The first kappa shape index (κ1) is 18.3. The molecule has 0 fully saturated rings. The lowest BCUT2D eigenvalue weighted by atomic mass is 10.1. The van der Waals surface area contributed by atoms with Crippen LogP contribution in [0.5, 0.6) is 0 Å². The third-order valence-corrected chi connectivity index (χ3v) is 4.41. The van der Waals surface area contributed by atoms with Gasteiger partial charge in [-0.05, 0) is 44.9 Å². The van der Waals surface area contributed by atoms with Crippen molar-refractivity contribution >= 4 is 23.2 Å². The van der Waals surface area contributed by atoms with E-state index in [1.165, 1.54) is 13.8 Å². The van der Waals surface area contributed by atoms with Crippen molar-refractivity contribution < 1.29 is 18.0 Å². The average molecular weight is 360 g/mol. The molecule has 1 unspecified atom stereocenters. The first-order valence-corrected chi connectivity index (χ1v) is 7.60. The maximum absolute atomic E-state index is 12.9.